The summed E-state index contributed by atoms with van der Waals surface area (Å²) in [6.07, 6.45) is 61.0. The smallest absolute Gasteiger partial charge is 0.542 e. The van der Waals surface area contributed by atoms with E-state index in [4.69, 9.17) is 14.9 Å². The van der Waals surface area contributed by atoms with Gasteiger partial charge in [-0.15, -0.1) is 6.42 Å². The van der Waals surface area contributed by atoms with Gasteiger partial charge in [0.15, 0.2) is 5.90 Å². The number of unbranched alkanes of at least 4 members (excludes halogenated alkanes) is 25. The normalized spacial score (nSPS) is 12.0. The van der Waals surface area contributed by atoms with Gasteiger partial charge in [-0.1, -0.05) is 159 Å². The molecule has 0 aliphatic heterocycles. The quantitative estimate of drug-likeness (QED) is 0.0164. The Kier molecular flexibility index (Phi) is 60.0. The van der Waals surface area contributed by atoms with Crippen LogP contribution in [-0.2, 0) is 19.1 Å². The Bertz CT molecular complexity index is 1040. The van der Waals surface area contributed by atoms with Crippen molar-refractivity contribution in [3.63, 3.8) is 0 Å². The number of hydrogen-bond donors (Lipinski definition) is 1. The maximum absolute atomic E-state index is 12.6. The number of ether oxygens (including phenoxy) is 2. The second-order valence-electron chi connectivity index (χ2n) is 17.4. The molecular weight excluding hydrogens is 991 g/mol. The van der Waals surface area contributed by atoms with Gasteiger partial charge in [-0.25, -0.2) is 19.1 Å². The third kappa shape index (κ3) is 58.5. The SMILES string of the molecule is CCC/C=C\COC(=N)CCCCCCC/C=C\CCCCCCCCC(CCCCCCCC/C=C\CCCCCCC[C-]=O)OC(=O)CCCN(C)C.[CH2-]/C=C\CCC.[U+2]. The molecule has 358 valence electrons. The first-order valence-corrected chi connectivity index (χ1v) is 25.7. The van der Waals surface area contributed by atoms with E-state index in [0.29, 0.717) is 25.3 Å². The minimum atomic E-state index is -0.00805. The number of carbonyl (C=O) groups excluding carboxylic acids is 2. The fourth-order valence-corrected chi connectivity index (χ4v) is 7.13. The first-order chi connectivity index (χ1) is 29.9. The summed E-state index contributed by atoms with van der Waals surface area (Å²) in [5.74, 6) is 0.425. The number of nitrogens with one attached hydrogen (secondary N) is 1. The van der Waals surface area contributed by atoms with Gasteiger partial charge < -0.3 is 19.2 Å². The van der Waals surface area contributed by atoms with Gasteiger partial charge in [-0.05, 0) is 117 Å². The molecule has 0 aliphatic rings. The number of esters is 1. The summed E-state index contributed by atoms with van der Waals surface area (Å²) >= 11 is 0. The second-order valence-corrected chi connectivity index (χ2v) is 17.4. The minimum Gasteiger partial charge on any atom is -0.542 e. The Hall–Kier alpha value is -1.55. The Morgan fingerprint density at radius 1 is 0.565 bits per heavy atom. The van der Waals surface area contributed by atoms with Crippen molar-refractivity contribution in [2.45, 2.75) is 251 Å². The zero-order valence-corrected chi connectivity index (χ0v) is 45.5. The van der Waals surface area contributed by atoms with Crippen molar-refractivity contribution in [3.05, 3.63) is 55.5 Å². The number of allylic oxidation sites excluding steroid dienone is 7. The van der Waals surface area contributed by atoms with E-state index < -0.39 is 0 Å². The van der Waals surface area contributed by atoms with Crippen LogP contribution in [0.1, 0.15) is 245 Å². The summed E-state index contributed by atoms with van der Waals surface area (Å²) in [5.41, 5.74) is 0. The van der Waals surface area contributed by atoms with E-state index in [2.05, 4.69) is 76.2 Å². The van der Waals surface area contributed by atoms with Crippen LogP contribution in [0.15, 0.2) is 48.6 Å². The van der Waals surface area contributed by atoms with E-state index in [1.54, 1.807) is 0 Å². The van der Waals surface area contributed by atoms with Crippen LogP contribution in [0.4, 0.5) is 0 Å². The van der Waals surface area contributed by atoms with Gasteiger partial charge in [0.05, 0.1) is 0 Å². The topological polar surface area (TPSA) is 79.7 Å². The summed E-state index contributed by atoms with van der Waals surface area (Å²) < 4.78 is 11.5. The van der Waals surface area contributed by atoms with Gasteiger partial charge in [0.1, 0.15) is 12.7 Å². The van der Waals surface area contributed by atoms with Crippen molar-refractivity contribution in [1.82, 2.24) is 4.90 Å². The number of hydrogen-bond acceptors (Lipinski definition) is 6. The Morgan fingerprint density at radius 2 is 0.984 bits per heavy atom. The molecule has 0 aromatic rings. The molecule has 0 heterocycles. The van der Waals surface area contributed by atoms with Crippen LogP contribution in [0.25, 0.3) is 0 Å². The number of carbonyl (C=O) groups is 1. The molecular formula is C55H100N2O4U. The number of nitrogens with zero attached hydrogens (tertiary/aromatic N) is 1. The molecule has 0 aromatic carbocycles. The van der Waals surface area contributed by atoms with E-state index in [9.17, 15) is 9.59 Å². The molecule has 0 radical (unpaired) electrons. The predicted octanol–water partition coefficient (Wildman–Crippen LogP) is 16.7. The summed E-state index contributed by atoms with van der Waals surface area (Å²) in [6, 6.07) is 0. The molecule has 0 spiro atoms. The van der Waals surface area contributed by atoms with E-state index in [1.165, 1.54) is 148 Å². The summed E-state index contributed by atoms with van der Waals surface area (Å²) in [7, 11) is 4.11. The van der Waals surface area contributed by atoms with Gasteiger partial charge in [0, 0.05) is 12.8 Å². The van der Waals surface area contributed by atoms with E-state index in [-0.39, 0.29) is 43.2 Å². The van der Waals surface area contributed by atoms with E-state index in [0.717, 1.165) is 77.2 Å². The Morgan fingerprint density at radius 3 is 1.42 bits per heavy atom. The van der Waals surface area contributed by atoms with Crippen molar-refractivity contribution in [2.24, 2.45) is 0 Å². The monoisotopic (exact) mass is 1090 g/mol. The molecule has 0 rings (SSSR count). The fourth-order valence-electron chi connectivity index (χ4n) is 7.13. The molecule has 0 amide bonds. The first kappa shape index (κ1) is 64.7. The van der Waals surface area contributed by atoms with Crippen LogP contribution in [0, 0.1) is 43.4 Å². The Balaban J connectivity index is -0.00000460. The second kappa shape index (κ2) is 57.5. The standard InChI is InChI=1S/C49H89N2O4.C6H11.U/c1-4-5-6-38-46-54-48(50)42-36-32-28-24-20-16-12-9-11-15-19-23-27-31-35-41-47(55-49(53)43-39-44-51(2)3)40-34-30-26-22-18-14-10-7-8-13-17-21-25-29-33-37-45-52;1-3-5-6-4-2;/h6-9,12,38,47,50H,4-5,10-11,13-37,39-44,46H2,1-3H3;3,5H,1,4,6H2,2H3;/q2*-1;+2/b8-7-,12-9-,38-6-,50-48?;5-3-;. The largest absolute Gasteiger partial charge is 2.00 e. The van der Waals surface area contributed by atoms with Gasteiger partial charge in [-0.2, -0.15) is 6.42 Å². The van der Waals surface area contributed by atoms with Gasteiger partial charge in [0.25, 0.3) is 0 Å². The van der Waals surface area contributed by atoms with Crippen molar-refractivity contribution in [2.75, 3.05) is 27.2 Å². The van der Waals surface area contributed by atoms with E-state index >= 15 is 0 Å². The maximum atomic E-state index is 12.6. The third-order valence-electron chi connectivity index (χ3n) is 10.9. The zero-order chi connectivity index (χ0) is 45.0. The molecule has 1 unspecified atom stereocenters. The average molecular weight is 1090 g/mol. The zero-order valence-electron chi connectivity index (χ0n) is 41.4. The van der Waals surface area contributed by atoms with Crippen LogP contribution < -0.4 is 0 Å². The van der Waals surface area contributed by atoms with Gasteiger partial charge >= 0.3 is 37.1 Å². The fraction of sp³-hybridized carbons (Fsp3) is 0.782. The molecule has 1 atom stereocenters. The predicted molar refractivity (Wildman–Crippen MR) is 267 cm³/mol. The average Bonchev–Trinajstić information content (AvgIpc) is 3.24. The summed E-state index contributed by atoms with van der Waals surface area (Å²) in [6.45, 7) is 9.33. The Labute approximate surface area is 410 Å². The van der Waals surface area contributed by atoms with Crippen molar-refractivity contribution in [3.8, 4) is 0 Å². The van der Waals surface area contributed by atoms with Crippen LogP contribution in [0.3, 0.4) is 0 Å². The molecule has 0 saturated heterocycles. The van der Waals surface area contributed by atoms with Crippen LogP contribution >= 0.6 is 0 Å². The molecule has 1 N–H and O–H groups in total. The molecule has 0 fully saturated rings. The van der Waals surface area contributed by atoms with Gasteiger partial charge in [-0.3, -0.25) is 16.5 Å². The van der Waals surface area contributed by atoms with Crippen molar-refractivity contribution < 1.29 is 50.2 Å². The molecule has 0 saturated carbocycles. The molecule has 6 nitrogen and oxygen atoms in total. The van der Waals surface area contributed by atoms with Gasteiger partial charge in [0.2, 0.25) is 0 Å². The minimum absolute atomic E-state index is 0. The first-order valence-electron chi connectivity index (χ1n) is 25.7. The summed E-state index contributed by atoms with van der Waals surface area (Å²) in [4.78, 5) is 24.9. The van der Waals surface area contributed by atoms with Crippen molar-refractivity contribution in [1.29, 1.82) is 5.41 Å². The maximum Gasteiger partial charge on any atom is 2.00 e. The van der Waals surface area contributed by atoms with Crippen LogP contribution in [0.2, 0.25) is 0 Å². The number of rotatable bonds is 45. The molecule has 0 bridgehead atoms. The van der Waals surface area contributed by atoms with Crippen LogP contribution in [0.5, 0.6) is 0 Å². The molecule has 0 aromatic heterocycles. The van der Waals surface area contributed by atoms with Crippen LogP contribution in [-0.4, -0.2) is 56.4 Å². The molecule has 62 heavy (non-hydrogen) atoms. The van der Waals surface area contributed by atoms with Crippen molar-refractivity contribution >= 4 is 18.2 Å². The molecule has 7 heteroatoms. The summed E-state index contributed by atoms with van der Waals surface area (Å²) in [5, 5.41) is 7.90. The van der Waals surface area contributed by atoms with E-state index in [1.807, 2.05) is 18.4 Å². The third-order valence-corrected chi connectivity index (χ3v) is 10.9. The molecule has 0 aliphatic carbocycles.